The van der Waals surface area contributed by atoms with Gasteiger partial charge in [-0.1, -0.05) is 55.5 Å². The number of carbonyl (C=O) groups excluding carboxylic acids is 2. The smallest absolute Gasteiger partial charge is 0.407 e. The highest BCUT2D eigenvalue weighted by Crippen LogP contribution is 2.13. The molecule has 2 amide bonds. The molecular weight excluding hydrogens is 304 g/mol. The minimum absolute atomic E-state index is 0.0947. The van der Waals surface area contributed by atoms with E-state index in [2.05, 4.69) is 5.32 Å². The molecule has 2 aromatic carbocycles. The Kier molecular flexibility index (Phi) is 6.83. The second kappa shape index (κ2) is 9.35. The first-order chi connectivity index (χ1) is 11.7. The number of rotatable bonds is 7. The fourth-order valence-corrected chi connectivity index (χ4v) is 2.25. The van der Waals surface area contributed by atoms with Crippen molar-refractivity contribution in [3.63, 3.8) is 0 Å². The summed E-state index contributed by atoms with van der Waals surface area (Å²) in [6.45, 7) is 2.69. The van der Waals surface area contributed by atoms with Crippen molar-refractivity contribution in [1.29, 1.82) is 0 Å². The molecule has 0 saturated carbocycles. The average Bonchev–Trinajstić information content (AvgIpc) is 2.64. The number of anilines is 1. The van der Waals surface area contributed by atoms with E-state index in [1.165, 1.54) is 0 Å². The van der Waals surface area contributed by atoms with Crippen molar-refractivity contribution in [1.82, 2.24) is 5.32 Å². The van der Waals surface area contributed by atoms with Gasteiger partial charge in [-0.3, -0.25) is 4.79 Å². The molecule has 0 spiro atoms. The van der Waals surface area contributed by atoms with Gasteiger partial charge in [0.15, 0.2) is 0 Å². The predicted molar refractivity (Wildman–Crippen MR) is 93.7 cm³/mol. The first-order valence-electron chi connectivity index (χ1n) is 8.00. The van der Waals surface area contributed by atoms with E-state index in [4.69, 9.17) is 4.74 Å². The van der Waals surface area contributed by atoms with Crippen LogP contribution in [0.1, 0.15) is 18.9 Å². The Balaban J connectivity index is 1.83. The molecule has 5 nitrogen and oxygen atoms in total. The Morgan fingerprint density at radius 2 is 1.62 bits per heavy atom. The normalized spacial score (nSPS) is 10.0. The number of hydrogen-bond donors (Lipinski definition) is 1. The van der Waals surface area contributed by atoms with Gasteiger partial charge in [-0.2, -0.15) is 0 Å². The molecule has 5 heteroatoms. The summed E-state index contributed by atoms with van der Waals surface area (Å²) in [4.78, 5) is 25.8. The molecule has 2 rings (SSSR count). The third kappa shape index (κ3) is 5.43. The molecule has 1 N–H and O–H groups in total. The van der Waals surface area contributed by atoms with E-state index in [1.807, 2.05) is 67.6 Å². The van der Waals surface area contributed by atoms with Gasteiger partial charge in [-0.15, -0.1) is 0 Å². The van der Waals surface area contributed by atoms with E-state index in [0.29, 0.717) is 6.54 Å². The molecule has 0 saturated heterocycles. The van der Waals surface area contributed by atoms with Gasteiger partial charge < -0.3 is 15.0 Å². The van der Waals surface area contributed by atoms with Gasteiger partial charge in [-0.25, -0.2) is 4.79 Å². The molecule has 0 aliphatic carbocycles. The zero-order chi connectivity index (χ0) is 17.2. The zero-order valence-corrected chi connectivity index (χ0v) is 13.8. The number of carbonyl (C=O) groups is 2. The molecule has 0 bridgehead atoms. The number of amides is 2. The van der Waals surface area contributed by atoms with Crippen LogP contribution in [0.25, 0.3) is 0 Å². The Morgan fingerprint density at radius 1 is 1.00 bits per heavy atom. The van der Waals surface area contributed by atoms with E-state index in [0.717, 1.165) is 17.7 Å². The zero-order valence-electron chi connectivity index (χ0n) is 13.8. The first kappa shape index (κ1) is 17.5. The second-order valence-electron chi connectivity index (χ2n) is 5.30. The molecule has 0 radical (unpaired) electrons. The molecule has 0 aliphatic heterocycles. The number of nitrogens with one attached hydrogen (secondary N) is 1. The standard InChI is InChI=1S/C19H22N2O3/c1-2-13-21(17-11-7-4-8-12-17)18(22)14-20-19(23)24-15-16-9-5-3-6-10-16/h3-12H,2,13-15H2,1H3,(H,20,23). The summed E-state index contributed by atoms with van der Waals surface area (Å²) in [5.41, 5.74) is 1.72. The van der Waals surface area contributed by atoms with E-state index in [1.54, 1.807) is 4.90 Å². The molecular formula is C19H22N2O3. The number of nitrogens with zero attached hydrogens (tertiary/aromatic N) is 1. The lowest BCUT2D eigenvalue weighted by Gasteiger charge is -2.22. The first-order valence-corrected chi connectivity index (χ1v) is 8.00. The quantitative estimate of drug-likeness (QED) is 0.849. The predicted octanol–water partition coefficient (Wildman–Crippen LogP) is 3.36. The van der Waals surface area contributed by atoms with Crippen LogP contribution in [0.2, 0.25) is 0 Å². The lowest BCUT2D eigenvalue weighted by atomic mass is 10.2. The van der Waals surface area contributed by atoms with Crippen molar-refractivity contribution in [2.24, 2.45) is 0 Å². The van der Waals surface area contributed by atoms with E-state index in [-0.39, 0.29) is 19.1 Å². The van der Waals surface area contributed by atoms with E-state index in [9.17, 15) is 9.59 Å². The van der Waals surface area contributed by atoms with Gasteiger partial charge in [-0.05, 0) is 24.1 Å². The van der Waals surface area contributed by atoms with Gasteiger partial charge in [0.25, 0.3) is 0 Å². The third-order valence-corrected chi connectivity index (χ3v) is 3.41. The fourth-order valence-electron chi connectivity index (χ4n) is 2.25. The minimum Gasteiger partial charge on any atom is -0.445 e. The summed E-state index contributed by atoms with van der Waals surface area (Å²) >= 11 is 0. The highest BCUT2D eigenvalue weighted by Gasteiger charge is 2.15. The van der Waals surface area contributed by atoms with Crippen molar-refractivity contribution in [2.45, 2.75) is 20.0 Å². The molecule has 0 heterocycles. The molecule has 24 heavy (non-hydrogen) atoms. The second-order valence-corrected chi connectivity index (χ2v) is 5.30. The van der Waals surface area contributed by atoms with Crippen LogP contribution in [-0.4, -0.2) is 25.1 Å². The molecule has 0 aromatic heterocycles. The van der Waals surface area contributed by atoms with Crippen LogP contribution in [0.3, 0.4) is 0 Å². The van der Waals surface area contributed by atoms with Crippen LogP contribution in [-0.2, 0) is 16.1 Å². The number of para-hydroxylation sites is 1. The summed E-state index contributed by atoms with van der Waals surface area (Å²) in [5.74, 6) is -0.167. The highest BCUT2D eigenvalue weighted by atomic mass is 16.5. The monoisotopic (exact) mass is 326 g/mol. The maximum Gasteiger partial charge on any atom is 0.407 e. The van der Waals surface area contributed by atoms with Gasteiger partial charge in [0.2, 0.25) is 5.91 Å². The van der Waals surface area contributed by atoms with Crippen LogP contribution in [0.5, 0.6) is 0 Å². The fraction of sp³-hybridized carbons (Fsp3) is 0.263. The van der Waals surface area contributed by atoms with Crippen molar-refractivity contribution in [2.75, 3.05) is 18.0 Å². The molecule has 0 atom stereocenters. The summed E-state index contributed by atoms with van der Waals surface area (Å²) in [6.07, 6.45) is 0.232. The van der Waals surface area contributed by atoms with Gasteiger partial charge in [0, 0.05) is 12.2 Å². The van der Waals surface area contributed by atoms with Crippen molar-refractivity contribution >= 4 is 17.7 Å². The maximum absolute atomic E-state index is 12.4. The Labute approximate surface area is 142 Å². The van der Waals surface area contributed by atoms with Crippen molar-refractivity contribution in [3.05, 3.63) is 66.2 Å². The number of hydrogen-bond acceptors (Lipinski definition) is 3. The lowest BCUT2D eigenvalue weighted by molar-refractivity contribution is -0.117. The summed E-state index contributed by atoms with van der Waals surface area (Å²) in [7, 11) is 0. The Bertz CT molecular complexity index is 644. The van der Waals surface area contributed by atoms with Crippen LogP contribution in [0.4, 0.5) is 10.5 Å². The van der Waals surface area contributed by atoms with Crippen LogP contribution in [0.15, 0.2) is 60.7 Å². The lowest BCUT2D eigenvalue weighted by Crippen LogP contribution is -2.40. The summed E-state index contributed by atoms with van der Waals surface area (Å²) in [5, 5.41) is 2.51. The van der Waals surface area contributed by atoms with Crippen LogP contribution in [0, 0.1) is 0 Å². The van der Waals surface area contributed by atoms with Gasteiger partial charge >= 0.3 is 6.09 Å². The topological polar surface area (TPSA) is 58.6 Å². The molecule has 126 valence electrons. The van der Waals surface area contributed by atoms with Crippen LogP contribution < -0.4 is 10.2 Å². The van der Waals surface area contributed by atoms with Gasteiger partial charge in [0.05, 0.1) is 0 Å². The molecule has 0 unspecified atom stereocenters. The largest absolute Gasteiger partial charge is 0.445 e. The maximum atomic E-state index is 12.4. The number of benzene rings is 2. The SMILES string of the molecule is CCCN(C(=O)CNC(=O)OCc1ccccc1)c1ccccc1. The van der Waals surface area contributed by atoms with Crippen molar-refractivity contribution in [3.8, 4) is 0 Å². The minimum atomic E-state index is -0.600. The van der Waals surface area contributed by atoms with E-state index >= 15 is 0 Å². The third-order valence-electron chi connectivity index (χ3n) is 3.41. The Hall–Kier alpha value is -2.82. The molecule has 0 aliphatic rings. The Morgan fingerprint density at radius 3 is 2.25 bits per heavy atom. The summed E-state index contributed by atoms with van der Waals surface area (Å²) < 4.78 is 5.10. The summed E-state index contributed by atoms with van der Waals surface area (Å²) in [6, 6.07) is 18.8. The van der Waals surface area contributed by atoms with E-state index < -0.39 is 6.09 Å². The van der Waals surface area contributed by atoms with Gasteiger partial charge in [0.1, 0.15) is 13.2 Å². The molecule has 0 fully saturated rings. The highest BCUT2D eigenvalue weighted by molar-refractivity contribution is 5.96. The number of ether oxygens (including phenoxy) is 1. The van der Waals surface area contributed by atoms with Crippen molar-refractivity contribution < 1.29 is 14.3 Å². The molecule has 2 aromatic rings. The van der Waals surface area contributed by atoms with Crippen LogP contribution >= 0.6 is 0 Å². The number of alkyl carbamates (subject to hydrolysis) is 1. The average molecular weight is 326 g/mol.